The van der Waals surface area contributed by atoms with Gasteiger partial charge in [-0.15, -0.1) is 0 Å². The first kappa shape index (κ1) is 8.27. The van der Waals surface area contributed by atoms with Crippen molar-refractivity contribution < 1.29 is 4.79 Å². The van der Waals surface area contributed by atoms with Gasteiger partial charge in [0.15, 0.2) is 0 Å². The fourth-order valence-corrected chi connectivity index (χ4v) is 4.16. The molecule has 1 fully saturated rings. The fraction of sp³-hybridized carbons (Fsp3) is 0.833. The monoisotopic (exact) mass is 177 g/mol. The zero-order valence-corrected chi connectivity index (χ0v) is 7.77. The molecule has 0 spiro atoms. The molecule has 4 heteroatoms. The Bertz CT molecular complexity index is 143. The molecule has 0 aromatic heterocycles. The van der Waals surface area contributed by atoms with E-state index in [1.807, 2.05) is 6.92 Å². The molecule has 1 heterocycles. The van der Waals surface area contributed by atoms with Gasteiger partial charge in [-0.05, 0) is 6.92 Å². The minimum Gasteiger partial charge on any atom is -0.359 e. The molecule has 0 unspecified atom stereocenters. The maximum absolute atomic E-state index is 11.2. The zero-order chi connectivity index (χ0) is 7.61. The summed E-state index contributed by atoms with van der Waals surface area (Å²) < 4.78 is 0. The third-order valence-corrected chi connectivity index (χ3v) is 4.50. The van der Waals surface area contributed by atoms with Crippen LogP contribution in [0.3, 0.4) is 0 Å². The summed E-state index contributed by atoms with van der Waals surface area (Å²) in [6, 6.07) is 0. The van der Waals surface area contributed by atoms with Gasteiger partial charge in [-0.3, -0.25) is 4.79 Å². The van der Waals surface area contributed by atoms with Crippen LogP contribution in [0.5, 0.6) is 0 Å². The molecule has 0 radical (unpaired) electrons. The van der Waals surface area contributed by atoms with Crippen LogP contribution in [0.2, 0.25) is 0 Å². The maximum Gasteiger partial charge on any atom is 0.227 e. The molecule has 1 N–H and O–H groups in total. The number of hydrogen-bond donors (Lipinski definition) is 1. The second-order valence-corrected chi connectivity index (χ2v) is 5.13. The van der Waals surface area contributed by atoms with Crippen molar-refractivity contribution in [1.29, 1.82) is 0 Å². The van der Waals surface area contributed by atoms with Crippen molar-refractivity contribution in [3.05, 3.63) is 0 Å². The van der Waals surface area contributed by atoms with Crippen LogP contribution in [0.4, 0.5) is 0 Å². The third-order valence-electron chi connectivity index (χ3n) is 1.61. The number of carbonyl (C=O) groups is 1. The van der Waals surface area contributed by atoms with E-state index in [1.54, 1.807) is 28.6 Å². The summed E-state index contributed by atoms with van der Waals surface area (Å²) in [5.74, 6) is 2.05. The summed E-state index contributed by atoms with van der Waals surface area (Å²) in [5.41, 5.74) is -0.121. The van der Waals surface area contributed by atoms with E-state index in [0.29, 0.717) is 0 Å². The summed E-state index contributed by atoms with van der Waals surface area (Å²) in [6.45, 7) is 2.01. The Balaban J connectivity index is 2.58. The lowest BCUT2D eigenvalue weighted by Crippen LogP contribution is -2.38. The molecule has 1 aliphatic rings. The number of hydrogen-bond acceptors (Lipinski definition) is 3. The van der Waals surface area contributed by atoms with E-state index in [9.17, 15) is 4.79 Å². The average Bonchev–Trinajstić information content (AvgIpc) is 2.36. The van der Waals surface area contributed by atoms with Gasteiger partial charge in [0, 0.05) is 18.6 Å². The summed E-state index contributed by atoms with van der Waals surface area (Å²) >= 11 is 0. The SMILES string of the molecule is CNC(=O)C1(C)CSSC1. The number of carbonyl (C=O) groups excluding carboxylic acids is 1. The van der Waals surface area contributed by atoms with Crippen LogP contribution in [0.25, 0.3) is 0 Å². The van der Waals surface area contributed by atoms with Crippen molar-refractivity contribution in [3.8, 4) is 0 Å². The molecule has 2 nitrogen and oxygen atoms in total. The molecule has 1 rings (SSSR count). The van der Waals surface area contributed by atoms with Gasteiger partial charge in [0.1, 0.15) is 0 Å². The van der Waals surface area contributed by atoms with Crippen LogP contribution in [0.15, 0.2) is 0 Å². The van der Waals surface area contributed by atoms with E-state index >= 15 is 0 Å². The van der Waals surface area contributed by atoms with E-state index in [-0.39, 0.29) is 11.3 Å². The van der Waals surface area contributed by atoms with Gasteiger partial charge in [0.2, 0.25) is 5.91 Å². The fourth-order valence-electron chi connectivity index (χ4n) is 0.818. The van der Waals surface area contributed by atoms with Crippen LogP contribution in [0.1, 0.15) is 6.92 Å². The largest absolute Gasteiger partial charge is 0.359 e. The van der Waals surface area contributed by atoms with Crippen LogP contribution in [-0.4, -0.2) is 24.5 Å². The van der Waals surface area contributed by atoms with Crippen molar-refractivity contribution in [3.63, 3.8) is 0 Å². The topological polar surface area (TPSA) is 29.1 Å². The molecule has 0 aliphatic carbocycles. The van der Waals surface area contributed by atoms with Gasteiger partial charge in [-0.1, -0.05) is 21.6 Å². The average molecular weight is 177 g/mol. The second-order valence-electron chi connectivity index (χ2n) is 2.66. The lowest BCUT2D eigenvalue weighted by molar-refractivity contribution is -0.127. The number of nitrogens with one attached hydrogen (secondary N) is 1. The van der Waals surface area contributed by atoms with Gasteiger partial charge < -0.3 is 5.32 Å². The molecule has 1 aliphatic heterocycles. The molecule has 1 saturated heterocycles. The lowest BCUT2D eigenvalue weighted by atomic mass is 9.95. The van der Waals surface area contributed by atoms with Crippen molar-refractivity contribution in [2.75, 3.05) is 18.6 Å². The normalized spacial score (nSPS) is 22.6. The maximum atomic E-state index is 11.2. The Labute approximate surface area is 68.9 Å². The predicted octanol–water partition coefficient (Wildman–Crippen LogP) is 1.13. The van der Waals surface area contributed by atoms with Crippen LogP contribution < -0.4 is 5.32 Å². The van der Waals surface area contributed by atoms with Crippen molar-refractivity contribution in [2.24, 2.45) is 5.41 Å². The Morgan fingerprint density at radius 1 is 1.50 bits per heavy atom. The highest BCUT2D eigenvalue weighted by Crippen LogP contribution is 2.42. The summed E-state index contributed by atoms with van der Waals surface area (Å²) in [7, 11) is 5.26. The standard InChI is InChI=1S/C6H11NOS2/c1-6(5(8)7-2)3-9-10-4-6/h3-4H2,1-2H3,(H,7,8). The Morgan fingerprint density at radius 2 is 2.00 bits per heavy atom. The van der Waals surface area contributed by atoms with Gasteiger partial charge in [0.05, 0.1) is 5.41 Å². The molecular formula is C6H11NOS2. The third kappa shape index (κ3) is 1.42. The van der Waals surface area contributed by atoms with E-state index < -0.39 is 0 Å². The van der Waals surface area contributed by atoms with Gasteiger partial charge in [-0.25, -0.2) is 0 Å². The van der Waals surface area contributed by atoms with Crippen LogP contribution >= 0.6 is 21.6 Å². The first-order valence-corrected chi connectivity index (χ1v) is 5.64. The zero-order valence-electron chi connectivity index (χ0n) is 6.14. The lowest BCUT2D eigenvalue weighted by Gasteiger charge is -2.18. The summed E-state index contributed by atoms with van der Waals surface area (Å²) in [5, 5.41) is 2.68. The molecule has 0 bridgehead atoms. The van der Waals surface area contributed by atoms with Gasteiger partial charge in [0.25, 0.3) is 0 Å². The molecule has 0 atom stereocenters. The molecule has 0 saturated carbocycles. The Kier molecular flexibility index (Phi) is 2.52. The molecule has 0 aromatic carbocycles. The quantitative estimate of drug-likeness (QED) is 0.609. The van der Waals surface area contributed by atoms with E-state index in [0.717, 1.165) is 11.5 Å². The Morgan fingerprint density at radius 3 is 2.40 bits per heavy atom. The van der Waals surface area contributed by atoms with E-state index in [1.165, 1.54) is 0 Å². The molecule has 1 amide bonds. The molecular weight excluding hydrogens is 166 g/mol. The van der Waals surface area contributed by atoms with Crippen LogP contribution in [-0.2, 0) is 4.79 Å². The number of amides is 1. The van der Waals surface area contributed by atoms with Gasteiger partial charge in [-0.2, -0.15) is 0 Å². The summed E-state index contributed by atoms with van der Waals surface area (Å²) in [6.07, 6.45) is 0. The smallest absolute Gasteiger partial charge is 0.227 e. The van der Waals surface area contributed by atoms with Crippen LogP contribution in [0, 0.1) is 5.41 Å². The highest BCUT2D eigenvalue weighted by atomic mass is 33.1. The minimum atomic E-state index is -0.121. The highest BCUT2D eigenvalue weighted by molar-refractivity contribution is 8.77. The Hall–Kier alpha value is 0.170. The molecule has 58 valence electrons. The first-order valence-electron chi connectivity index (χ1n) is 3.16. The first-order chi connectivity index (χ1) is 4.69. The predicted molar refractivity (Wildman–Crippen MR) is 47.1 cm³/mol. The van der Waals surface area contributed by atoms with Crippen molar-refractivity contribution in [1.82, 2.24) is 5.32 Å². The van der Waals surface area contributed by atoms with E-state index in [4.69, 9.17) is 0 Å². The second kappa shape index (κ2) is 3.05. The number of rotatable bonds is 1. The van der Waals surface area contributed by atoms with Gasteiger partial charge >= 0.3 is 0 Å². The van der Waals surface area contributed by atoms with Crippen molar-refractivity contribution >= 4 is 27.5 Å². The van der Waals surface area contributed by atoms with Crippen molar-refractivity contribution in [2.45, 2.75) is 6.92 Å². The minimum absolute atomic E-state index is 0.121. The molecule has 0 aromatic rings. The van der Waals surface area contributed by atoms with E-state index in [2.05, 4.69) is 5.32 Å². The molecule has 10 heavy (non-hydrogen) atoms. The highest BCUT2D eigenvalue weighted by Gasteiger charge is 2.36. The summed E-state index contributed by atoms with van der Waals surface area (Å²) in [4.78, 5) is 11.2.